The lowest BCUT2D eigenvalue weighted by Gasteiger charge is -2.17. The van der Waals surface area contributed by atoms with Crippen LogP contribution in [0, 0.1) is 0 Å². The first-order valence-electron chi connectivity index (χ1n) is 8.15. The van der Waals surface area contributed by atoms with Gasteiger partial charge in [-0.05, 0) is 46.4 Å². The minimum Gasteiger partial charge on any atom is -0.462 e. The number of esters is 1. The Bertz CT molecular complexity index is 233. The van der Waals surface area contributed by atoms with Gasteiger partial charge in [-0.25, -0.2) is 0 Å². The molecule has 0 saturated carbocycles. The van der Waals surface area contributed by atoms with Gasteiger partial charge in [0.15, 0.2) is 0 Å². The topological polar surface area (TPSA) is 41.6 Å². The van der Waals surface area contributed by atoms with Crippen LogP contribution in [0.25, 0.3) is 0 Å². The lowest BCUT2D eigenvalue weighted by atomic mass is 10.1. The van der Waals surface area contributed by atoms with Crippen LogP contribution in [0.4, 0.5) is 0 Å². The number of hydrogen-bond acceptors (Lipinski definition) is 4. The number of carbonyl (C=O) groups excluding carboxylic acids is 1. The van der Waals surface area contributed by atoms with Gasteiger partial charge in [0.05, 0.1) is 6.42 Å². The quantitative estimate of drug-likeness (QED) is 0.417. The normalized spacial score (nSPS) is 12.7. The van der Waals surface area contributed by atoms with E-state index >= 15 is 0 Å². The third kappa shape index (κ3) is 12.4. The second-order valence-electron chi connectivity index (χ2n) is 5.70. The molecule has 4 nitrogen and oxygen atoms in total. The molecule has 0 amide bonds. The van der Waals surface area contributed by atoms with E-state index < -0.39 is 0 Å². The maximum Gasteiger partial charge on any atom is 0.307 e. The van der Waals surface area contributed by atoms with Crippen LogP contribution in [0.2, 0.25) is 0 Å². The number of nitrogens with zero attached hydrogens (tertiary/aromatic N) is 1. The van der Waals surface area contributed by atoms with Crippen LogP contribution in [0.15, 0.2) is 0 Å². The van der Waals surface area contributed by atoms with Crippen molar-refractivity contribution in [3.63, 3.8) is 0 Å². The van der Waals surface area contributed by atoms with E-state index in [0.717, 1.165) is 58.2 Å². The summed E-state index contributed by atoms with van der Waals surface area (Å²) < 4.78 is 5.55. The summed E-state index contributed by atoms with van der Waals surface area (Å²) in [6, 6.07) is 0. The molecule has 0 rings (SSSR count). The summed E-state index contributed by atoms with van der Waals surface area (Å²) >= 11 is 0. The van der Waals surface area contributed by atoms with E-state index in [0.29, 0.717) is 6.42 Å². The zero-order valence-electron chi connectivity index (χ0n) is 13.9. The average molecular weight is 286 g/mol. The van der Waals surface area contributed by atoms with Crippen LogP contribution >= 0.6 is 0 Å². The summed E-state index contributed by atoms with van der Waals surface area (Å²) in [5, 5.41) is 3.29. The molecule has 1 unspecified atom stereocenters. The van der Waals surface area contributed by atoms with Gasteiger partial charge in [-0.3, -0.25) is 4.79 Å². The van der Waals surface area contributed by atoms with Gasteiger partial charge in [0, 0.05) is 6.54 Å². The first-order chi connectivity index (χ1) is 9.60. The van der Waals surface area contributed by atoms with Crippen molar-refractivity contribution in [3.8, 4) is 0 Å². The number of ether oxygens (including phenoxy) is 1. The van der Waals surface area contributed by atoms with E-state index in [1.165, 1.54) is 0 Å². The van der Waals surface area contributed by atoms with Crippen molar-refractivity contribution < 1.29 is 9.53 Å². The number of nitrogens with one attached hydrogen (secondary N) is 1. The second kappa shape index (κ2) is 13.4. The Labute approximate surface area is 125 Å². The van der Waals surface area contributed by atoms with Crippen molar-refractivity contribution in [2.75, 3.05) is 33.7 Å². The fraction of sp³-hybridized carbons (Fsp3) is 0.938. The molecule has 0 fully saturated rings. The molecule has 0 saturated heterocycles. The molecule has 0 heterocycles. The van der Waals surface area contributed by atoms with E-state index in [4.69, 9.17) is 4.74 Å². The van der Waals surface area contributed by atoms with Crippen molar-refractivity contribution in [1.82, 2.24) is 10.2 Å². The summed E-state index contributed by atoms with van der Waals surface area (Å²) in [6.07, 6.45) is 7.08. The van der Waals surface area contributed by atoms with Crippen molar-refractivity contribution in [2.45, 2.75) is 64.9 Å². The maximum absolute atomic E-state index is 11.8. The number of unbranched alkanes of at least 4 members (excludes halogenated alkanes) is 1. The van der Waals surface area contributed by atoms with E-state index in [1.54, 1.807) is 0 Å². The second-order valence-corrected chi connectivity index (χ2v) is 5.70. The first-order valence-corrected chi connectivity index (χ1v) is 8.15. The molecule has 120 valence electrons. The summed E-state index contributed by atoms with van der Waals surface area (Å²) in [6.45, 7) is 7.06. The largest absolute Gasteiger partial charge is 0.462 e. The van der Waals surface area contributed by atoms with Gasteiger partial charge in [0.25, 0.3) is 0 Å². The average Bonchev–Trinajstić information content (AvgIpc) is 2.40. The molecule has 0 aliphatic carbocycles. The minimum absolute atomic E-state index is 0.0559. The molecule has 1 atom stereocenters. The Balaban J connectivity index is 3.63. The molecule has 0 aliphatic heterocycles. The van der Waals surface area contributed by atoms with Gasteiger partial charge in [0.1, 0.15) is 6.10 Å². The van der Waals surface area contributed by atoms with Crippen LogP contribution in [0.5, 0.6) is 0 Å². The molecule has 0 aromatic rings. The zero-order valence-corrected chi connectivity index (χ0v) is 13.9. The highest BCUT2D eigenvalue weighted by Crippen LogP contribution is 2.11. The molecule has 0 bridgehead atoms. The Hall–Kier alpha value is -0.610. The third-order valence-electron chi connectivity index (χ3n) is 3.25. The summed E-state index contributed by atoms with van der Waals surface area (Å²) in [4.78, 5) is 13.9. The lowest BCUT2D eigenvalue weighted by molar-refractivity contribution is -0.149. The fourth-order valence-corrected chi connectivity index (χ4v) is 2.10. The van der Waals surface area contributed by atoms with E-state index in [9.17, 15) is 4.79 Å². The molecule has 0 radical (unpaired) electrons. The van der Waals surface area contributed by atoms with Gasteiger partial charge >= 0.3 is 5.97 Å². The van der Waals surface area contributed by atoms with Gasteiger partial charge < -0.3 is 15.0 Å². The van der Waals surface area contributed by atoms with Crippen LogP contribution in [0.1, 0.15) is 58.8 Å². The molecule has 4 heteroatoms. The highest BCUT2D eigenvalue weighted by Gasteiger charge is 2.12. The van der Waals surface area contributed by atoms with Crippen LogP contribution in [0.3, 0.4) is 0 Å². The third-order valence-corrected chi connectivity index (χ3v) is 3.25. The van der Waals surface area contributed by atoms with Crippen LogP contribution in [-0.2, 0) is 9.53 Å². The highest BCUT2D eigenvalue weighted by atomic mass is 16.5. The van der Waals surface area contributed by atoms with Gasteiger partial charge in [0.2, 0.25) is 0 Å². The van der Waals surface area contributed by atoms with Crippen molar-refractivity contribution in [1.29, 1.82) is 0 Å². The molecular weight excluding hydrogens is 252 g/mol. The maximum atomic E-state index is 11.8. The molecule has 0 aliphatic rings. The summed E-state index contributed by atoms with van der Waals surface area (Å²) in [7, 11) is 4.14. The lowest BCUT2D eigenvalue weighted by Crippen LogP contribution is -2.25. The van der Waals surface area contributed by atoms with E-state index in [2.05, 4.69) is 38.2 Å². The first kappa shape index (κ1) is 19.4. The predicted octanol–water partition coefficient (Wildman–Crippen LogP) is 2.82. The Morgan fingerprint density at radius 3 is 2.45 bits per heavy atom. The van der Waals surface area contributed by atoms with E-state index in [1.807, 2.05) is 0 Å². The number of rotatable bonds is 13. The van der Waals surface area contributed by atoms with Crippen LogP contribution < -0.4 is 5.32 Å². The molecule has 0 aromatic carbocycles. The smallest absolute Gasteiger partial charge is 0.307 e. The van der Waals surface area contributed by atoms with Gasteiger partial charge in [-0.2, -0.15) is 0 Å². The molecule has 0 aromatic heterocycles. The SMILES string of the molecule is CCCCC(CCC)OC(=O)CCNCCCN(C)C. The minimum atomic E-state index is -0.0559. The highest BCUT2D eigenvalue weighted by molar-refractivity contribution is 5.69. The van der Waals surface area contributed by atoms with Crippen molar-refractivity contribution in [3.05, 3.63) is 0 Å². The molecule has 20 heavy (non-hydrogen) atoms. The molecule has 1 N–H and O–H groups in total. The van der Waals surface area contributed by atoms with Gasteiger partial charge in [-0.15, -0.1) is 0 Å². The van der Waals surface area contributed by atoms with Crippen molar-refractivity contribution >= 4 is 5.97 Å². The Morgan fingerprint density at radius 1 is 1.10 bits per heavy atom. The number of hydrogen-bond donors (Lipinski definition) is 1. The van der Waals surface area contributed by atoms with Gasteiger partial charge in [-0.1, -0.05) is 33.1 Å². The Kier molecular flexibility index (Phi) is 13.0. The summed E-state index contributed by atoms with van der Waals surface area (Å²) in [5.74, 6) is -0.0559. The van der Waals surface area contributed by atoms with Crippen molar-refractivity contribution in [2.24, 2.45) is 0 Å². The van der Waals surface area contributed by atoms with Crippen LogP contribution in [-0.4, -0.2) is 50.7 Å². The predicted molar refractivity (Wildman–Crippen MR) is 85.0 cm³/mol. The monoisotopic (exact) mass is 286 g/mol. The summed E-state index contributed by atoms with van der Waals surface area (Å²) in [5.41, 5.74) is 0. The standard InChI is InChI=1S/C16H34N2O2/c1-5-7-10-15(9-6-2)20-16(19)11-13-17-12-8-14-18(3)4/h15,17H,5-14H2,1-4H3. The fourth-order valence-electron chi connectivity index (χ4n) is 2.10. The number of carbonyl (C=O) groups is 1. The van der Waals surface area contributed by atoms with E-state index in [-0.39, 0.29) is 12.1 Å². The Morgan fingerprint density at radius 2 is 1.85 bits per heavy atom. The zero-order chi connectivity index (χ0) is 15.2. The molecule has 0 spiro atoms. The molecular formula is C16H34N2O2.